The summed E-state index contributed by atoms with van der Waals surface area (Å²) in [5, 5.41) is 116. The largest absolute Gasteiger partial charge is 0.469 e. The van der Waals surface area contributed by atoms with Gasteiger partial charge in [-0.25, -0.2) is 0 Å². The third kappa shape index (κ3) is 7.94. The maximum absolute atomic E-state index is 14.8. The molecule has 8 rings (SSSR count). The van der Waals surface area contributed by atoms with E-state index in [0.29, 0.717) is 51.4 Å². The molecule has 5 aliphatic carbocycles. The monoisotopic (exact) mass is 972 g/mol. The SMILES string of the molecule is COC(=O)[C@]1(C)CC[C@]2(C(=O)O[C@@H]3O[C@H](CO)[C@@H](O)[C@H](O)[C@H]3O)CC[C@]3(C)C(=CC[C@@H]4[C@@]5(C)CC[C@H](O[C@@H]6OC[C@@H](O[C@@H]7O[C@H](CO)[C@@H](O)[C@H](O)[C@H]7O)[C@H](O)[C@H]6O)[C@@](C)(CO)C5CC[C@]43C)[C@H]2C1. The Labute approximate surface area is 396 Å². The highest BCUT2D eigenvalue weighted by Crippen LogP contribution is 2.76. The van der Waals surface area contributed by atoms with Crippen LogP contribution >= 0.6 is 0 Å². The third-order valence-electron chi connectivity index (χ3n) is 19.5. The first-order valence-corrected chi connectivity index (χ1v) is 24.5. The van der Waals surface area contributed by atoms with Crippen LogP contribution in [-0.2, 0) is 42.7 Å². The van der Waals surface area contributed by atoms with Gasteiger partial charge in [-0.2, -0.15) is 0 Å². The van der Waals surface area contributed by atoms with Crippen LogP contribution < -0.4 is 0 Å². The number of hydrogen-bond acceptors (Lipinski definition) is 20. The summed E-state index contributed by atoms with van der Waals surface area (Å²) < 4.78 is 40.5. The Morgan fingerprint density at radius 3 is 1.88 bits per heavy atom. The number of rotatable bonds is 10. The first-order valence-electron chi connectivity index (χ1n) is 24.5. The zero-order chi connectivity index (χ0) is 49.7. The average molecular weight is 973 g/mol. The zero-order valence-corrected chi connectivity index (χ0v) is 40.0. The molecule has 7 fully saturated rings. The minimum absolute atomic E-state index is 0.0585. The Morgan fingerprint density at radius 2 is 1.26 bits per heavy atom. The number of esters is 2. The van der Waals surface area contributed by atoms with Gasteiger partial charge in [0.05, 0.1) is 50.5 Å². The van der Waals surface area contributed by atoms with Crippen molar-refractivity contribution in [3.8, 4) is 0 Å². The van der Waals surface area contributed by atoms with Crippen LogP contribution in [0.25, 0.3) is 0 Å². The van der Waals surface area contributed by atoms with Crippen LogP contribution in [0.2, 0.25) is 0 Å². The standard InChI is InChI=1S/C48H76O20/c1-43(41(60)62-6)13-15-48(42(61)68-40-37(59)34(56)31(53)25(19-50)65-40)16-14-46(4)22(23(48)17-43)7-8-28-44(2)11-10-29(45(3,21-51)27(44)9-12-47(28,46)5)67-38-35(57)32(54)26(20-63-38)66-39-36(58)33(55)30(52)24(18-49)64-39/h7,23-40,49-59H,8-21H2,1-6H3/t23-,24-,25-,26-,27?,28-,29+,30-,31-,32+,33+,34+,35-,36-,37-,38+,39+,40+,43-,44+,45+,46-,47-,48+/m1/s1. The minimum atomic E-state index is -1.77. The fraction of sp³-hybridized carbons (Fsp3) is 0.917. The van der Waals surface area contributed by atoms with Gasteiger partial charge in [-0.1, -0.05) is 39.3 Å². The molecule has 3 heterocycles. The van der Waals surface area contributed by atoms with E-state index in [9.17, 15) is 65.8 Å². The molecule has 68 heavy (non-hydrogen) atoms. The average Bonchev–Trinajstić information content (AvgIpc) is 3.32. The summed E-state index contributed by atoms with van der Waals surface area (Å²) in [5.41, 5.74) is -2.89. The molecule has 0 spiro atoms. The number of ether oxygens (including phenoxy) is 7. The number of allylic oxidation sites excluding steroid dienone is 2. The summed E-state index contributed by atoms with van der Waals surface area (Å²) in [7, 11) is 1.35. The second-order valence-corrected chi connectivity index (χ2v) is 22.7. The van der Waals surface area contributed by atoms with Crippen LogP contribution in [0, 0.1) is 50.2 Å². The van der Waals surface area contributed by atoms with E-state index in [4.69, 9.17) is 33.2 Å². The van der Waals surface area contributed by atoms with Crippen molar-refractivity contribution >= 4 is 11.9 Å². The van der Waals surface area contributed by atoms with Crippen LogP contribution in [0.5, 0.6) is 0 Å². The fourth-order valence-corrected chi connectivity index (χ4v) is 15.0. The van der Waals surface area contributed by atoms with Gasteiger partial charge in [0.1, 0.15) is 67.1 Å². The van der Waals surface area contributed by atoms with Crippen LogP contribution in [0.15, 0.2) is 11.6 Å². The van der Waals surface area contributed by atoms with Gasteiger partial charge in [-0.3, -0.25) is 9.59 Å². The summed E-state index contributed by atoms with van der Waals surface area (Å²) in [6.07, 6.45) is -14.8. The first kappa shape index (κ1) is 52.4. The van der Waals surface area contributed by atoms with Crippen molar-refractivity contribution in [1.82, 2.24) is 0 Å². The van der Waals surface area contributed by atoms with Gasteiger partial charge in [0.15, 0.2) is 12.6 Å². The van der Waals surface area contributed by atoms with Crippen LogP contribution in [0.1, 0.15) is 98.8 Å². The second kappa shape index (κ2) is 18.8. The van der Waals surface area contributed by atoms with Gasteiger partial charge < -0.3 is 89.3 Å². The molecule has 8 aliphatic rings. The molecule has 20 nitrogen and oxygen atoms in total. The molecule has 4 saturated carbocycles. The predicted octanol–water partition coefficient (Wildman–Crippen LogP) is -1.09. The molecule has 3 aliphatic heterocycles. The lowest BCUT2D eigenvalue weighted by Crippen LogP contribution is -2.67. The maximum Gasteiger partial charge on any atom is 0.315 e. The number of methoxy groups -OCH3 is 1. The molecule has 0 aromatic carbocycles. The maximum atomic E-state index is 14.8. The molecule has 0 amide bonds. The highest BCUT2D eigenvalue weighted by atomic mass is 16.7. The van der Waals surface area contributed by atoms with Crippen LogP contribution in [0.3, 0.4) is 0 Å². The number of aliphatic hydroxyl groups is 11. The van der Waals surface area contributed by atoms with Gasteiger partial charge >= 0.3 is 11.9 Å². The molecule has 3 saturated heterocycles. The molecule has 0 bridgehead atoms. The lowest BCUT2D eigenvalue weighted by atomic mass is 9.33. The molecule has 1 unspecified atom stereocenters. The summed E-state index contributed by atoms with van der Waals surface area (Å²) >= 11 is 0. The zero-order valence-electron chi connectivity index (χ0n) is 40.0. The lowest BCUT2D eigenvalue weighted by Gasteiger charge is -2.71. The minimum Gasteiger partial charge on any atom is -0.469 e. The van der Waals surface area contributed by atoms with Gasteiger partial charge in [0.2, 0.25) is 6.29 Å². The molecule has 24 atom stereocenters. The molecule has 0 radical (unpaired) electrons. The molecular weight excluding hydrogens is 897 g/mol. The van der Waals surface area contributed by atoms with Gasteiger partial charge in [0.25, 0.3) is 0 Å². The molecule has 20 heteroatoms. The van der Waals surface area contributed by atoms with Gasteiger partial charge in [0, 0.05) is 5.41 Å². The smallest absolute Gasteiger partial charge is 0.315 e. The van der Waals surface area contributed by atoms with E-state index in [2.05, 4.69) is 26.8 Å². The topological polar surface area (TPSA) is 321 Å². The van der Waals surface area contributed by atoms with E-state index in [1.165, 1.54) is 7.11 Å². The van der Waals surface area contributed by atoms with Crippen LogP contribution in [0.4, 0.5) is 0 Å². The number of carbonyl (C=O) groups excluding carboxylic acids is 2. The van der Waals surface area contributed by atoms with E-state index in [0.717, 1.165) is 12.0 Å². The van der Waals surface area contributed by atoms with Crippen molar-refractivity contribution in [2.24, 2.45) is 50.2 Å². The van der Waals surface area contributed by atoms with Crippen molar-refractivity contribution in [2.75, 3.05) is 33.5 Å². The number of hydrogen-bond donors (Lipinski definition) is 11. The van der Waals surface area contributed by atoms with E-state index in [1.54, 1.807) is 0 Å². The molecule has 0 aromatic rings. The quantitative estimate of drug-likeness (QED) is 0.0704. The van der Waals surface area contributed by atoms with Crippen molar-refractivity contribution in [3.63, 3.8) is 0 Å². The second-order valence-electron chi connectivity index (χ2n) is 22.7. The van der Waals surface area contributed by atoms with Gasteiger partial charge in [-0.15, -0.1) is 0 Å². The van der Waals surface area contributed by atoms with Crippen molar-refractivity contribution in [3.05, 3.63) is 11.6 Å². The van der Waals surface area contributed by atoms with Crippen molar-refractivity contribution in [1.29, 1.82) is 0 Å². The Morgan fingerprint density at radius 1 is 0.662 bits per heavy atom. The molecule has 0 aromatic heterocycles. The lowest BCUT2D eigenvalue weighted by molar-refractivity contribution is -0.352. The summed E-state index contributed by atoms with van der Waals surface area (Å²) in [6.45, 7) is 8.87. The highest BCUT2D eigenvalue weighted by Gasteiger charge is 2.71. The fourth-order valence-electron chi connectivity index (χ4n) is 15.0. The van der Waals surface area contributed by atoms with E-state index in [-0.39, 0.29) is 48.3 Å². The molecule has 11 N–H and O–H groups in total. The number of carbonyl (C=O) groups is 2. The molecular formula is C48H76O20. The molecule has 388 valence electrons. The predicted molar refractivity (Wildman–Crippen MR) is 232 cm³/mol. The van der Waals surface area contributed by atoms with Crippen LogP contribution in [-0.4, -0.2) is 194 Å². The number of aliphatic hydroxyl groups excluding tert-OH is 11. The summed E-state index contributed by atoms with van der Waals surface area (Å²) in [6, 6.07) is 0. The normalized spacial score (nSPS) is 53.7. The Balaban J connectivity index is 1.02. The Bertz CT molecular complexity index is 1880. The Hall–Kier alpha value is -1.96. The summed E-state index contributed by atoms with van der Waals surface area (Å²) in [4.78, 5) is 28.3. The van der Waals surface area contributed by atoms with E-state index < -0.39 is 139 Å². The van der Waals surface area contributed by atoms with Crippen molar-refractivity contribution in [2.45, 2.75) is 191 Å². The Kier molecular flexibility index (Phi) is 14.5. The van der Waals surface area contributed by atoms with E-state index in [1.807, 2.05) is 13.8 Å². The number of fused-ring (bicyclic) bond motifs is 7. The van der Waals surface area contributed by atoms with Crippen molar-refractivity contribution < 1.29 is 98.9 Å². The summed E-state index contributed by atoms with van der Waals surface area (Å²) in [5.74, 6) is -1.43. The highest BCUT2D eigenvalue weighted by molar-refractivity contribution is 5.81. The first-order chi connectivity index (χ1) is 31.9. The third-order valence-corrected chi connectivity index (χ3v) is 19.5. The van der Waals surface area contributed by atoms with E-state index >= 15 is 0 Å². The van der Waals surface area contributed by atoms with Gasteiger partial charge in [-0.05, 0) is 105 Å².